The van der Waals surface area contributed by atoms with Gasteiger partial charge in [0.25, 0.3) is 11.6 Å². The summed E-state index contributed by atoms with van der Waals surface area (Å²) in [7, 11) is -1.67. The Bertz CT molecular complexity index is 1470. The highest BCUT2D eigenvalue weighted by atomic mass is 32.2. The van der Waals surface area contributed by atoms with E-state index in [4.69, 9.17) is 0 Å². The number of non-ortho nitro benzene ring substituents is 1. The van der Waals surface area contributed by atoms with Gasteiger partial charge in [0.2, 0.25) is 0 Å². The van der Waals surface area contributed by atoms with Crippen LogP contribution in [0.5, 0.6) is 0 Å². The smallest absolute Gasteiger partial charge is 0.280 e. The van der Waals surface area contributed by atoms with Crippen LogP contribution in [0.3, 0.4) is 0 Å². The van der Waals surface area contributed by atoms with Gasteiger partial charge in [-0.1, -0.05) is 36.8 Å². The Morgan fingerprint density at radius 3 is 2.71 bits per heavy atom. The largest absolute Gasteiger partial charge is 0.331 e. The standard InChI is InChI=1S/C25H22FN3O5S/c1-3-35(34)27-25(31)24-23(18-6-4-5-7-22(18)30)19-12-15(2)8-11-21(19)28(24)14-16-13-17(29(32)33)9-10-20(16)26/h4-6,8-13H,3,7,14H2,1-2H3,(H,27,31). The van der Waals surface area contributed by atoms with Gasteiger partial charge in [0.1, 0.15) is 22.5 Å². The van der Waals surface area contributed by atoms with Gasteiger partial charge in [0.15, 0.2) is 5.78 Å². The molecule has 0 aliphatic heterocycles. The third kappa shape index (κ3) is 4.69. The van der Waals surface area contributed by atoms with Crippen LogP contribution >= 0.6 is 0 Å². The number of nitro groups is 1. The number of fused-ring (bicyclic) bond motifs is 1. The molecular weight excluding hydrogens is 473 g/mol. The molecule has 180 valence electrons. The lowest BCUT2D eigenvalue weighted by molar-refractivity contribution is -0.385. The molecule has 0 saturated carbocycles. The monoisotopic (exact) mass is 495 g/mol. The minimum Gasteiger partial charge on any atom is -0.331 e. The van der Waals surface area contributed by atoms with E-state index in [1.54, 1.807) is 31.2 Å². The zero-order valence-electron chi connectivity index (χ0n) is 19.0. The number of carbonyl (C=O) groups excluding carboxylic acids is 2. The predicted octanol–water partition coefficient (Wildman–Crippen LogP) is 4.37. The highest BCUT2D eigenvalue weighted by Crippen LogP contribution is 2.36. The van der Waals surface area contributed by atoms with Crippen molar-refractivity contribution in [2.75, 3.05) is 5.75 Å². The molecule has 8 nitrogen and oxygen atoms in total. The lowest BCUT2D eigenvalue weighted by Crippen LogP contribution is -2.30. The number of ketones is 1. The Balaban J connectivity index is 2.03. The first kappa shape index (κ1) is 24.2. The molecule has 35 heavy (non-hydrogen) atoms. The molecule has 1 atom stereocenters. The molecule has 2 aromatic carbocycles. The van der Waals surface area contributed by atoms with E-state index in [-0.39, 0.29) is 41.4 Å². The van der Waals surface area contributed by atoms with E-state index in [0.29, 0.717) is 22.0 Å². The average Bonchev–Trinajstić information content (AvgIpc) is 3.13. The van der Waals surface area contributed by atoms with Gasteiger partial charge in [-0.05, 0) is 25.1 Å². The topological polar surface area (TPSA) is 111 Å². The molecule has 1 amide bonds. The summed E-state index contributed by atoms with van der Waals surface area (Å²) in [6.45, 7) is 3.29. The van der Waals surface area contributed by atoms with Crippen LogP contribution < -0.4 is 4.72 Å². The molecule has 0 radical (unpaired) electrons. The Morgan fingerprint density at radius 2 is 2.03 bits per heavy atom. The van der Waals surface area contributed by atoms with E-state index in [1.807, 2.05) is 19.1 Å². The lowest BCUT2D eigenvalue weighted by atomic mass is 9.93. The first-order valence-electron chi connectivity index (χ1n) is 10.9. The number of nitrogens with zero attached hydrogens (tertiary/aromatic N) is 2. The van der Waals surface area contributed by atoms with Gasteiger partial charge in [0.05, 0.1) is 11.5 Å². The average molecular weight is 496 g/mol. The van der Waals surface area contributed by atoms with Gasteiger partial charge in [-0.15, -0.1) is 0 Å². The number of amides is 1. The number of carbonyl (C=O) groups is 2. The molecule has 0 spiro atoms. The first-order chi connectivity index (χ1) is 16.7. The number of aryl methyl sites for hydroxylation is 1. The van der Waals surface area contributed by atoms with Crippen molar-refractivity contribution in [3.63, 3.8) is 0 Å². The van der Waals surface area contributed by atoms with Crippen LogP contribution in [0.15, 0.2) is 54.6 Å². The van der Waals surface area contributed by atoms with Crippen molar-refractivity contribution in [3.8, 4) is 0 Å². The Kier molecular flexibility index (Phi) is 6.74. The number of hydrogen-bond donors (Lipinski definition) is 1. The number of Topliss-reactive ketones (excluding diaryl/α,β-unsaturated/α-hetero) is 1. The van der Waals surface area contributed by atoms with Crippen molar-refractivity contribution < 1.29 is 23.1 Å². The molecular formula is C25H22FN3O5S. The Labute approximate surface area is 202 Å². The summed E-state index contributed by atoms with van der Waals surface area (Å²) in [6, 6.07) is 8.58. The van der Waals surface area contributed by atoms with Crippen LogP contribution in [0.2, 0.25) is 0 Å². The molecule has 10 heteroatoms. The van der Waals surface area contributed by atoms with Crippen LogP contribution in [0.25, 0.3) is 16.5 Å². The molecule has 1 aliphatic carbocycles. The Hall–Kier alpha value is -3.92. The minimum atomic E-state index is -1.67. The molecule has 4 rings (SSSR count). The summed E-state index contributed by atoms with van der Waals surface area (Å²) < 4.78 is 30.9. The van der Waals surface area contributed by atoms with Crippen LogP contribution in [-0.2, 0) is 22.3 Å². The predicted molar refractivity (Wildman–Crippen MR) is 132 cm³/mol. The third-order valence-corrected chi connectivity index (χ3v) is 6.68. The summed E-state index contributed by atoms with van der Waals surface area (Å²) >= 11 is 0. The number of aromatic nitrogens is 1. The first-order valence-corrected chi connectivity index (χ1v) is 12.2. The number of benzene rings is 2. The van der Waals surface area contributed by atoms with E-state index < -0.39 is 27.6 Å². The summed E-state index contributed by atoms with van der Waals surface area (Å²) in [5.74, 6) is -1.39. The second-order valence-corrected chi connectivity index (χ2v) is 9.54. The zero-order valence-corrected chi connectivity index (χ0v) is 19.9. The molecule has 1 aromatic heterocycles. The number of allylic oxidation sites excluding steroid dienone is 4. The van der Waals surface area contributed by atoms with Gasteiger partial charge in [-0.3, -0.25) is 24.4 Å². The van der Waals surface area contributed by atoms with Gasteiger partial charge in [0, 0.05) is 51.9 Å². The van der Waals surface area contributed by atoms with Crippen molar-refractivity contribution in [3.05, 3.63) is 92.9 Å². The fraction of sp³-hybridized carbons (Fsp3) is 0.200. The molecule has 3 aromatic rings. The van der Waals surface area contributed by atoms with Crippen LogP contribution in [0.4, 0.5) is 10.1 Å². The van der Waals surface area contributed by atoms with Crippen molar-refractivity contribution in [1.29, 1.82) is 0 Å². The number of nitro benzene ring substituents is 1. The van der Waals surface area contributed by atoms with E-state index in [0.717, 1.165) is 23.8 Å². The van der Waals surface area contributed by atoms with E-state index >= 15 is 0 Å². The molecule has 0 saturated heterocycles. The van der Waals surface area contributed by atoms with Crippen LogP contribution in [-0.4, -0.2) is 31.1 Å². The number of halogens is 1. The van der Waals surface area contributed by atoms with E-state index in [1.165, 1.54) is 4.57 Å². The highest BCUT2D eigenvalue weighted by Gasteiger charge is 2.29. The van der Waals surface area contributed by atoms with E-state index in [9.17, 15) is 28.3 Å². The fourth-order valence-corrected chi connectivity index (χ4v) is 4.54. The second kappa shape index (κ2) is 9.75. The van der Waals surface area contributed by atoms with Crippen molar-refractivity contribution in [2.24, 2.45) is 0 Å². The minimum absolute atomic E-state index is 0.00210. The summed E-state index contributed by atoms with van der Waals surface area (Å²) in [4.78, 5) is 36.9. The maximum absolute atomic E-state index is 14.7. The van der Waals surface area contributed by atoms with Gasteiger partial charge in [-0.2, -0.15) is 0 Å². The second-order valence-electron chi connectivity index (χ2n) is 8.06. The summed E-state index contributed by atoms with van der Waals surface area (Å²) in [6.07, 6.45) is 5.21. The van der Waals surface area contributed by atoms with Crippen LogP contribution in [0, 0.1) is 22.9 Å². The maximum atomic E-state index is 14.7. The van der Waals surface area contributed by atoms with Crippen LogP contribution in [0.1, 0.15) is 40.5 Å². The van der Waals surface area contributed by atoms with Crippen molar-refractivity contribution in [2.45, 2.75) is 26.8 Å². The van der Waals surface area contributed by atoms with Gasteiger partial charge >= 0.3 is 0 Å². The van der Waals surface area contributed by atoms with E-state index in [2.05, 4.69) is 4.72 Å². The van der Waals surface area contributed by atoms with Crippen molar-refractivity contribution in [1.82, 2.24) is 9.29 Å². The highest BCUT2D eigenvalue weighted by molar-refractivity contribution is 7.83. The number of rotatable bonds is 7. The normalized spacial score (nSPS) is 14.1. The van der Waals surface area contributed by atoms with Gasteiger partial charge < -0.3 is 4.57 Å². The maximum Gasteiger partial charge on any atom is 0.280 e. The lowest BCUT2D eigenvalue weighted by Gasteiger charge is -2.14. The quantitative estimate of drug-likeness (QED) is 0.386. The number of hydrogen-bond acceptors (Lipinski definition) is 5. The summed E-state index contributed by atoms with van der Waals surface area (Å²) in [5, 5.41) is 11.9. The molecule has 0 bridgehead atoms. The third-order valence-electron chi connectivity index (χ3n) is 5.74. The molecule has 1 N–H and O–H groups in total. The SMILES string of the molecule is CCS(=O)NC(=O)c1c(C2=CC=CCC2=O)c2cc(C)ccc2n1Cc1cc([N+](=O)[O-])ccc1F. The molecule has 1 aliphatic rings. The summed E-state index contributed by atoms with van der Waals surface area (Å²) in [5.41, 5.74) is 1.82. The molecule has 1 unspecified atom stereocenters. The Morgan fingerprint density at radius 1 is 1.26 bits per heavy atom. The molecule has 0 fully saturated rings. The number of nitrogens with one attached hydrogen (secondary N) is 1. The van der Waals surface area contributed by atoms with Gasteiger partial charge in [-0.25, -0.2) is 8.60 Å². The zero-order chi connectivity index (χ0) is 25.3. The molecule has 1 heterocycles. The fourth-order valence-electron chi connectivity index (χ4n) is 4.10. The van der Waals surface area contributed by atoms with Crippen molar-refractivity contribution >= 4 is 44.8 Å².